The van der Waals surface area contributed by atoms with E-state index in [0.717, 1.165) is 16.4 Å². The third kappa shape index (κ3) is 4.54. The molecule has 20 heavy (non-hydrogen) atoms. The van der Waals surface area contributed by atoms with Crippen molar-refractivity contribution in [1.82, 2.24) is 10.3 Å². The van der Waals surface area contributed by atoms with E-state index in [4.69, 9.17) is 0 Å². The molecule has 106 valence electrons. The number of carbonyl (C=O) groups is 1. The number of para-hydroxylation sites is 1. The summed E-state index contributed by atoms with van der Waals surface area (Å²) >= 11 is 3.18. The van der Waals surface area contributed by atoms with Gasteiger partial charge in [0.05, 0.1) is 16.0 Å². The first-order chi connectivity index (χ1) is 9.79. The number of carbonyl (C=O) groups excluding carboxylic acids is 1. The molecule has 0 saturated heterocycles. The Balaban J connectivity index is 1.68. The lowest BCUT2D eigenvalue weighted by atomic mass is 10.3. The maximum absolute atomic E-state index is 11.5. The Morgan fingerprint density at radius 3 is 3.05 bits per heavy atom. The van der Waals surface area contributed by atoms with Crippen LogP contribution in [0.3, 0.4) is 0 Å². The number of nitrogens with one attached hydrogen (secondary N) is 2. The van der Waals surface area contributed by atoms with Crippen molar-refractivity contribution in [1.29, 1.82) is 0 Å². The predicted molar refractivity (Wildman–Crippen MR) is 88.6 cm³/mol. The number of hydrogen-bond acceptors (Lipinski definition) is 5. The van der Waals surface area contributed by atoms with Gasteiger partial charge in [0.25, 0.3) is 0 Å². The maximum atomic E-state index is 11.5. The predicted octanol–water partition coefficient (Wildman–Crippen LogP) is 2.74. The monoisotopic (exact) mass is 307 g/mol. The molecule has 0 unspecified atom stereocenters. The van der Waals surface area contributed by atoms with E-state index in [0.29, 0.717) is 18.8 Å². The summed E-state index contributed by atoms with van der Waals surface area (Å²) in [6.45, 7) is 4.90. The first kappa shape index (κ1) is 14.9. The molecule has 1 amide bonds. The molecule has 0 atom stereocenters. The zero-order valence-electron chi connectivity index (χ0n) is 11.1. The quantitative estimate of drug-likeness (QED) is 0.581. The second-order valence-electron chi connectivity index (χ2n) is 4.07. The number of hydrogen-bond donors (Lipinski definition) is 2. The van der Waals surface area contributed by atoms with Gasteiger partial charge < -0.3 is 10.6 Å². The number of benzene rings is 1. The van der Waals surface area contributed by atoms with Gasteiger partial charge in [0.2, 0.25) is 5.91 Å². The van der Waals surface area contributed by atoms with Crippen molar-refractivity contribution in [3.05, 3.63) is 36.9 Å². The maximum Gasteiger partial charge on any atom is 0.230 e. The summed E-state index contributed by atoms with van der Waals surface area (Å²) < 4.78 is 1.17. The smallest absolute Gasteiger partial charge is 0.230 e. The average Bonchev–Trinajstić information content (AvgIpc) is 2.86. The fourth-order valence-electron chi connectivity index (χ4n) is 1.61. The summed E-state index contributed by atoms with van der Waals surface area (Å²) in [4.78, 5) is 15.9. The fraction of sp³-hybridized carbons (Fsp3) is 0.286. The van der Waals surface area contributed by atoms with E-state index in [2.05, 4.69) is 28.3 Å². The van der Waals surface area contributed by atoms with Crippen molar-refractivity contribution in [2.45, 2.75) is 0 Å². The second kappa shape index (κ2) is 7.91. The van der Waals surface area contributed by atoms with Crippen molar-refractivity contribution >= 4 is 44.4 Å². The molecule has 1 aromatic carbocycles. The van der Waals surface area contributed by atoms with E-state index in [1.807, 2.05) is 18.2 Å². The Labute approximate surface area is 126 Å². The minimum atomic E-state index is 0.0583. The van der Waals surface area contributed by atoms with Gasteiger partial charge in [0.1, 0.15) is 0 Å². The van der Waals surface area contributed by atoms with Crippen LogP contribution in [-0.4, -0.2) is 35.5 Å². The van der Waals surface area contributed by atoms with Crippen molar-refractivity contribution in [3.8, 4) is 0 Å². The lowest BCUT2D eigenvalue weighted by molar-refractivity contribution is -0.118. The highest BCUT2D eigenvalue weighted by atomic mass is 32.2. The van der Waals surface area contributed by atoms with Crippen LogP contribution < -0.4 is 10.6 Å². The number of thioether (sulfide) groups is 1. The van der Waals surface area contributed by atoms with Gasteiger partial charge in [-0.05, 0) is 12.1 Å². The molecule has 2 aromatic rings. The van der Waals surface area contributed by atoms with Crippen molar-refractivity contribution in [2.24, 2.45) is 0 Å². The number of rotatable bonds is 8. The average molecular weight is 307 g/mol. The molecule has 0 aliphatic rings. The molecule has 0 fully saturated rings. The third-order valence-electron chi connectivity index (χ3n) is 2.49. The van der Waals surface area contributed by atoms with Crippen LogP contribution in [0.15, 0.2) is 36.9 Å². The molecule has 0 spiro atoms. The molecular formula is C14H17N3OS2. The summed E-state index contributed by atoms with van der Waals surface area (Å²) in [7, 11) is 0. The highest BCUT2D eigenvalue weighted by Crippen LogP contribution is 2.24. The molecule has 0 radical (unpaired) electrons. The van der Waals surface area contributed by atoms with E-state index in [9.17, 15) is 4.79 Å². The Morgan fingerprint density at radius 1 is 1.40 bits per heavy atom. The lowest BCUT2D eigenvalue weighted by Crippen LogP contribution is -2.30. The van der Waals surface area contributed by atoms with Gasteiger partial charge in [-0.15, -0.1) is 18.3 Å². The minimum absolute atomic E-state index is 0.0583. The normalized spacial score (nSPS) is 10.4. The summed E-state index contributed by atoms with van der Waals surface area (Å²) in [5.41, 5.74) is 1.00. The van der Waals surface area contributed by atoms with Crippen LogP contribution in [0.1, 0.15) is 0 Å². The van der Waals surface area contributed by atoms with Crippen molar-refractivity contribution < 1.29 is 4.79 Å². The van der Waals surface area contributed by atoms with Gasteiger partial charge in [-0.1, -0.05) is 29.5 Å². The summed E-state index contributed by atoms with van der Waals surface area (Å²) in [5.74, 6) is 1.34. The van der Waals surface area contributed by atoms with E-state index < -0.39 is 0 Å². The molecule has 0 aliphatic heterocycles. The largest absolute Gasteiger partial charge is 0.360 e. The lowest BCUT2D eigenvalue weighted by Gasteiger charge is -2.05. The van der Waals surface area contributed by atoms with E-state index in [1.165, 1.54) is 4.70 Å². The van der Waals surface area contributed by atoms with Gasteiger partial charge in [-0.3, -0.25) is 4.79 Å². The topological polar surface area (TPSA) is 54.0 Å². The molecule has 1 heterocycles. The molecule has 4 nitrogen and oxygen atoms in total. The molecular weight excluding hydrogens is 290 g/mol. The van der Waals surface area contributed by atoms with Gasteiger partial charge >= 0.3 is 0 Å². The molecule has 0 aliphatic carbocycles. The Bertz CT molecular complexity index is 550. The van der Waals surface area contributed by atoms with Crippen LogP contribution in [0.4, 0.5) is 5.13 Å². The molecule has 2 rings (SSSR count). The minimum Gasteiger partial charge on any atom is -0.360 e. The van der Waals surface area contributed by atoms with Gasteiger partial charge in [-0.2, -0.15) is 0 Å². The van der Waals surface area contributed by atoms with Crippen LogP contribution in [-0.2, 0) is 4.79 Å². The number of thiazole rings is 1. The summed E-state index contributed by atoms with van der Waals surface area (Å²) in [5, 5.41) is 6.98. The van der Waals surface area contributed by atoms with E-state index in [1.54, 1.807) is 29.2 Å². The first-order valence-corrected chi connectivity index (χ1v) is 8.31. The molecule has 6 heteroatoms. The van der Waals surface area contributed by atoms with Crippen LogP contribution >= 0.6 is 23.1 Å². The second-order valence-corrected chi connectivity index (χ2v) is 6.13. The Morgan fingerprint density at radius 2 is 2.25 bits per heavy atom. The van der Waals surface area contributed by atoms with E-state index in [-0.39, 0.29) is 5.91 Å². The van der Waals surface area contributed by atoms with Crippen LogP contribution in [0.25, 0.3) is 10.2 Å². The third-order valence-corrected chi connectivity index (χ3v) is 4.42. The van der Waals surface area contributed by atoms with Crippen LogP contribution in [0.5, 0.6) is 0 Å². The number of anilines is 1. The molecule has 2 N–H and O–H groups in total. The van der Waals surface area contributed by atoms with Crippen LogP contribution in [0.2, 0.25) is 0 Å². The summed E-state index contributed by atoms with van der Waals surface area (Å²) in [6.07, 6.45) is 1.80. The van der Waals surface area contributed by atoms with E-state index >= 15 is 0 Å². The van der Waals surface area contributed by atoms with Crippen LogP contribution in [0, 0.1) is 0 Å². The first-order valence-electron chi connectivity index (χ1n) is 6.34. The number of amides is 1. The number of nitrogens with zero attached hydrogens (tertiary/aromatic N) is 1. The fourth-order valence-corrected chi connectivity index (χ4v) is 3.07. The van der Waals surface area contributed by atoms with Gasteiger partial charge in [0.15, 0.2) is 5.13 Å². The Kier molecular flexibility index (Phi) is 5.88. The Hall–Kier alpha value is -1.53. The highest BCUT2D eigenvalue weighted by molar-refractivity contribution is 8.00. The highest BCUT2D eigenvalue weighted by Gasteiger charge is 2.03. The standard InChI is InChI=1S/C14H17N3OS2/c1-2-9-19-10-13(18)15-7-8-16-14-17-11-5-3-4-6-12(11)20-14/h2-6H,1,7-10H2,(H,15,18)(H,16,17). The number of fused-ring (bicyclic) bond motifs is 1. The summed E-state index contributed by atoms with van der Waals surface area (Å²) in [6, 6.07) is 8.03. The zero-order chi connectivity index (χ0) is 14.2. The van der Waals surface area contributed by atoms with Gasteiger partial charge in [0, 0.05) is 18.8 Å². The molecule has 0 saturated carbocycles. The van der Waals surface area contributed by atoms with Gasteiger partial charge in [-0.25, -0.2) is 4.98 Å². The molecule has 1 aromatic heterocycles. The zero-order valence-corrected chi connectivity index (χ0v) is 12.7. The van der Waals surface area contributed by atoms with Crippen molar-refractivity contribution in [3.63, 3.8) is 0 Å². The molecule has 0 bridgehead atoms. The van der Waals surface area contributed by atoms with Crippen molar-refractivity contribution in [2.75, 3.05) is 29.9 Å². The SMILES string of the molecule is C=CCSCC(=O)NCCNc1nc2ccccc2s1. The number of aromatic nitrogens is 1.